The lowest BCUT2D eigenvalue weighted by molar-refractivity contribution is 0.111. The second kappa shape index (κ2) is 6.78. The SMILES string of the molecule is C#CCN1CCN(C(=O)NC2CCC(O)CC2)CC1. The largest absolute Gasteiger partial charge is 0.393 e. The van der Waals surface area contributed by atoms with Crippen LogP contribution in [0.1, 0.15) is 25.7 Å². The minimum Gasteiger partial charge on any atom is -0.393 e. The molecule has 0 aromatic carbocycles. The van der Waals surface area contributed by atoms with Crippen LogP contribution in [0.2, 0.25) is 0 Å². The number of hydrogen-bond acceptors (Lipinski definition) is 3. The number of aliphatic hydroxyl groups excluding tert-OH is 1. The molecule has 5 nitrogen and oxygen atoms in total. The van der Waals surface area contributed by atoms with Gasteiger partial charge in [0.1, 0.15) is 0 Å². The van der Waals surface area contributed by atoms with Crippen LogP contribution in [-0.2, 0) is 0 Å². The van der Waals surface area contributed by atoms with E-state index in [1.54, 1.807) is 0 Å². The van der Waals surface area contributed by atoms with Gasteiger partial charge in [-0.2, -0.15) is 0 Å². The lowest BCUT2D eigenvalue weighted by Gasteiger charge is -2.35. The number of carbonyl (C=O) groups excluding carboxylic acids is 1. The molecule has 0 aromatic rings. The van der Waals surface area contributed by atoms with E-state index >= 15 is 0 Å². The van der Waals surface area contributed by atoms with E-state index in [0.717, 1.165) is 51.9 Å². The fraction of sp³-hybridized carbons (Fsp3) is 0.786. The molecule has 0 unspecified atom stereocenters. The molecular weight excluding hydrogens is 242 g/mol. The highest BCUT2D eigenvalue weighted by Crippen LogP contribution is 2.18. The van der Waals surface area contributed by atoms with Crippen LogP contribution < -0.4 is 5.32 Å². The number of nitrogens with one attached hydrogen (secondary N) is 1. The number of hydrogen-bond donors (Lipinski definition) is 2. The smallest absolute Gasteiger partial charge is 0.317 e. The fourth-order valence-electron chi connectivity index (χ4n) is 2.72. The van der Waals surface area contributed by atoms with E-state index < -0.39 is 0 Å². The molecule has 2 N–H and O–H groups in total. The summed E-state index contributed by atoms with van der Waals surface area (Å²) < 4.78 is 0. The number of carbonyl (C=O) groups is 1. The van der Waals surface area contributed by atoms with Crippen LogP contribution in [0, 0.1) is 12.3 Å². The average Bonchev–Trinajstić information content (AvgIpc) is 2.42. The van der Waals surface area contributed by atoms with Gasteiger partial charge in [0.25, 0.3) is 0 Å². The zero-order chi connectivity index (χ0) is 13.7. The minimum atomic E-state index is -0.180. The van der Waals surface area contributed by atoms with Crippen molar-refractivity contribution >= 4 is 6.03 Å². The summed E-state index contributed by atoms with van der Waals surface area (Å²) in [5.41, 5.74) is 0. The number of rotatable bonds is 2. The monoisotopic (exact) mass is 265 g/mol. The fourth-order valence-corrected chi connectivity index (χ4v) is 2.72. The normalized spacial score (nSPS) is 28.7. The Kier molecular flexibility index (Phi) is 5.06. The second-order valence-electron chi connectivity index (χ2n) is 5.42. The van der Waals surface area contributed by atoms with Gasteiger partial charge >= 0.3 is 6.03 Å². The van der Waals surface area contributed by atoms with Crippen molar-refractivity contribution in [2.75, 3.05) is 32.7 Å². The van der Waals surface area contributed by atoms with Crippen LogP contribution in [-0.4, -0.2) is 65.8 Å². The van der Waals surface area contributed by atoms with Gasteiger partial charge in [-0.05, 0) is 25.7 Å². The molecule has 1 saturated heterocycles. The third-order valence-electron chi connectivity index (χ3n) is 4.00. The summed E-state index contributed by atoms with van der Waals surface area (Å²) in [4.78, 5) is 16.1. The maximum absolute atomic E-state index is 12.1. The first-order chi connectivity index (χ1) is 9.19. The van der Waals surface area contributed by atoms with Crippen molar-refractivity contribution in [3.63, 3.8) is 0 Å². The summed E-state index contributed by atoms with van der Waals surface area (Å²) in [7, 11) is 0. The maximum atomic E-state index is 12.1. The predicted molar refractivity (Wildman–Crippen MR) is 73.6 cm³/mol. The summed E-state index contributed by atoms with van der Waals surface area (Å²) in [6.45, 7) is 3.84. The first-order valence-corrected chi connectivity index (χ1v) is 7.08. The zero-order valence-corrected chi connectivity index (χ0v) is 11.3. The quantitative estimate of drug-likeness (QED) is 0.704. The van der Waals surface area contributed by atoms with Crippen molar-refractivity contribution in [3.8, 4) is 12.3 Å². The summed E-state index contributed by atoms with van der Waals surface area (Å²) in [5.74, 6) is 2.63. The molecule has 1 aliphatic carbocycles. The molecule has 1 saturated carbocycles. The lowest BCUT2D eigenvalue weighted by atomic mass is 9.93. The second-order valence-corrected chi connectivity index (χ2v) is 5.42. The summed E-state index contributed by atoms with van der Waals surface area (Å²) in [6.07, 6.45) is 8.45. The van der Waals surface area contributed by atoms with E-state index in [2.05, 4.69) is 16.1 Å². The van der Waals surface area contributed by atoms with Crippen molar-refractivity contribution < 1.29 is 9.90 Å². The highest BCUT2D eigenvalue weighted by Gasteiger charge is 2.25. The third-order valence-corrected chi connectivity index (χ3v) is 4.00. The van der Waals surface area contributed by atoms with Crippen molar-refractivity contribution in [1.82, 2.24) is 15.1 Å². The van der Waals surface area contributed by atoms with Gasteiger partial charge in [0.2, 0.25) is 0 Å². The van der Waals surface area contributed by atoms with Gasteiger partial charge in [-0.25, -0.2) is 4.79 Å². The van der Waals surface area contributed by atoms with Crippen LogP contribution in [0.4, 0.5) is 4.79 Å². The van der Waals surface area contributed by atoms with Crippen molar-refractivity contribution in [2.24, 2.45) is 0 Å². The Morgan fingerprint density at radius 1 is 1.21 bits per heavy atom. The highest BCUT2D eigenvalue weighted by molar-refractivity contribution is 5.74. The molecule has 0 spiro atoms. The van der Waals surface area contributed by atoms with Gasteiger partial charge < -0.3 is 15.3 Å². The Morgan fingerprint density at radius 2 is 1.84 bits per heavy atom. The van der Waals surface area contributed by atoms with Crippen LogP contribution >= 0.6 is 0 Å². The molecule has 2 aliphatic rings. The first-order valence-electron chi connectivity index (χ1n) is 7.08. The standard InChI is InChI=1S/C14H23N3O2/c1-2-7-16-8-10-17(11-9-16)14(19)15-12-3-5-13(18)6-4-12/h1,12-13,18H,3-11H2,(H,15,19). The zero-order valence-electron chi connectivity index (χ0n) is 11.3. The number of aliphatic hydroxyl groups is 1. The predicted octanol–water partition coefficient (Wildman–Crippen LogP) is 0.250. The van der Waals surface area contributed by atoms with E-state index in [9.17, 15) is 9.90 Å². The molecular formula is C14H23N3O2. The Labute approximate surface area is 114 Å². The Morgan fingerprint density at radius 3 is 2.42 bits per heavy atom. The van der Waals surface area contributed by atoms with Crippen molar-refractivity contribution in [3.05, 3.63) is 0 Å². The first kappa shape index (κ1) is 14.2. The molecule has 2 fully saturated rings. The van der Waals surface area contributed by atoms with Crippen LogP contribution in [0.3, 0.4) is 0 Å². The molecule has 2 rings (SSSR count). The van der Waals surface area contributed by atoms with Gasteiger partial charge in [-0.3, -0.25) is 4.90 Å². The van der Waals surface area contributed by atoms with Crippen molar-refractivity contribution in [2.45, 2.75) is 37.8 Å². The Balaban J connectivity index is 1.71. The van der Waals surface area contributed by atoms with Gasteiger partial charge in [0, 0.05) is 32.2 Å². The topological polar surface area (TPSA) is 55.8 Å². The van der Waals surface area contributed by atoms with Gasteiger partial charge in [0.05, 0.1) is 12.6 Å². The molecule has 5 heteroatoms. The Hall–Kier alpha value is -1.25. The molecule has 0 bridgehead atoms. The highest BCUT2D eigenvalue weighted by atomic mass is 16.3. The number of urea groups is 1. The molecule has 106 valence electrons. The van der Waals surface area contributed by atoms with E-state index in [1.807, 2.05) is 4.90 Å². The molecule has 0 aromatic heterocycles. The molecule has 1 aliphatic heterocycles. The molecule has 0 atom stereocenters. The number of piperazine rings is 1. The number of nitrogens with zero attached hydrogens (tertiary/aromatic N) is 2. The maximum Gasteiger partial charge on any atom is 0.317 e. The van der Waals surface area contributed by atoms with Gasteiger partial charge in [0.15, 0.2) is 0 Å². The molecule has 2 amide bonds. The van der Waals surface area contributed by atoms with E-state index in [4.69, 9.17) is 6.42 Å². The summed E-state index contributed by atoms with van der Waals surface area (Å²) in [6, 6.07) is 0.251. The van der Waals surface area contributed by atoms with Crippen LogP contribution in [0.15, 0.2) is 0 Å². The summed E-state index contributed by atoms with van der Waals surface area (Å²) >= 11 is 0. The van der Waals surface area contributed by atoms with Gasteiger partial charge in [-0.15, -0.1) is 6.42 Å². The third kappa shape index (κ3) is 4.12. The summed E-state index contributed by atoms with van der Waals surface area (Å²) in [5, 5.41) is 12.5. The van der Waals surface area contributed by atoms with E-state index in [0.29, 0.717) is 6.54 Å². The van der Waals surface area contributed by atoms with Crippen molar-refractivity contribution in [1.29, 1.82) is 0 Å². The Bertz CT molecular complexity index is 337. The van der Waals surface area contributed by atoms with Gasteiger partial charge in [-0.1, -0.05) is 5.92 Å². The average molecular weight is 265 g/mol. The van der Waals surface area contributed by atoms with Crippen LogP contribution in [0.5, 0.6) is 0 Å². The number of amides is 2. The van der Waals surface area contributed by atoms with E-state index in [1.165, 1.54) is 0 Å². The minimum absolute atomic E-state index is 0.0294. The van der Waals surface area contributed by atoms with E-state index in [-0.39, 0.29) is 18.2 Å². The number of terminal acetylenes is 1. The lowest BCUT2D eigenvalue weighted by Crippen LogP contribution is -2.53. The molecule has 1 heterocycles. The molecule has 0 radical (unpaired) electrons. The van der Waals surface area contributed by atoms with Crippen LogP contribution in [0.25, 0.3) is 0 Å². The molecule has 19 heavy (non-hydrogen) atoms.